The van der Waals surface area contributed by atoms with Crippen LogP contribution in [0.1, 0.15) is 10.4 Å². The maximum atomic E-state index is 11.8. The largest absolute Gasteiger partial charge is 0.399 e. The molecule has 5 heteroatoms. The number of carbonyl (C=O) groups is 1. The second-order valence-electron chi connectivity index (χ2n) is 3.24. The molecule has 0 aliphatic carbocycles. The molecule has 1 heterocycles. The molecule has 0 radical (unpaired) electrons. The van der Waals surface area contributed by atoms with Crippen molar-refractivity contribution < 1.29 is 4.79 Å². The summed E-state index contributed by atoms with van der Waals surface area (Å²) in [5.74, 6) is -0.161. The van der Waals surface area contributed by atoms with Crippen LogP contribution in [-0.2, 0) is 0 Å². The van der Waals surface area contributed by atoms with Crippen molar-refractivity contribution in [3.8, 4) is 0 Å². The molecule has 0 fully saturated rings. The van der Waals surface area contributed by atoms with E-state index in [1.54, 1.807) is 18.2 Å². The van der Waals surface area contributed by atoms with Gasteiger partial charge in [0.1, 0.15) is 0 Å². The van der Waals surface area contributed by atoms with Gasteiger partial charge in [-0.05, 0) is 29.6 Å². The van der Waals surface area contributed by atoms with Gasteiger partial charge in [0.15, 0.2) is 0 Å². The number of halogens is 1. The molecule has 2 aromatic rings. The average molecular weight is 297 g/mol. The van der Waals surface area contributed by atoms with Crippen LogP contribution in [0.4, 0.5) is 11.4 Å². The number of anilines is 2. The minimum absolute atomic E-state index is 0.161. The highest BCUT2D eigenvalue weighted by Crippen LogP contribution is 2.19. The van der Waals surface area contributed by atoms with Crippen LogP contribution >= 0.6 is 27.3 Å². The van der Waals surface area contributed by atoms with E-state index in [1.807, 2.05) is 16.8 Å². The maximum Gasteiger partial charge on any atom is 0.255 e. The number of carbonyl (C=O) groups excluding carboxylic acids is 1. The summed E-state index contributed by atoms with van der Waals surface area (Å²) in [6, 6.07) is 6.98. The van der Waals surface area contributed by atoms with E-state index in [-0.39, 0.29) is 5.91 Å². The summed E-state index contributed by atoms with van der Waals surface area (Å²) in [7, 11) is 0. The molecule has 1 amide bonds. The molecular formula is C11H9BrN2OS. The molecule has 0 spiro atoms. The second-order valence-corrected chi connectivity index (χ2v) is 4.94. The Balaban J connectivity index is 2.21. The first-order valence-electron chi connectivity index (χ1n) is 4.55. The Morgan fingerprint density at radius 3 is 2.81 bits per heavy atom. The first kappa shape index (κ1) is 11.2. The number of nitrogens with two attached hydrogens (primary N) is 1. The van der Waals surface area contributed by atoms with Crippen molar-refractivity contribution in [1.29, 1.82) is 0 Å². The van der Waals surface area contributed by atoms with E-state index in [4.69, 9.17) is 5.73 Å². The summed E-state index contributed by atoms with van der Waals surface area (Å²) >= 11 is 4.84. The van der Waals surface area contributed by atoms with Crippen LogP contribution in [0.25, 0.3) is 0 Å². The van der Waals surface area contributed by atoms with Crippen LogP contribution in [-0.4, -0.2) is 5.91 Å². The van der Waals surface area contributed by atoms with Gasteiger partial charge < -0.3 is 11.1 Å². The van der Waals surface area contributed by atoms with Gasteiger partial charge in [0.25, 0.3) is 5.91 Å². The Morgan fingerprint density at radius 2 is 2.19 bits per heavy atom. The van der Waals surface area contributed by atoms with Gasteiger partial charge in [-0.25, -0.2) is 0 Å². The predicted octanol–water partition coefficient (Wildman–Crippen LogP) is 3.35. The SMILES string of the molecule is Nc1cc(Br)cc(C(=O)Nc2ccsc2)c1. The zero-order valence-electron chi connectivity index (χ0n) is 8.24. The normalized spacial score (nSPS) is 10.1. The number of rotatable bonds is 2. The predicted molar refractivity (Wildman–Crippen MR) is 70.8 cm³/mol. The molecule has 3 nitrogen and oxygen atoms in total. The van der Waals surface area contributed by atoms with Crippen molar-refractivity contribution in [2.75, 3.05) is 11.1 Å². The summed E-state index contributed by atoms with van der Waals surface area (Å²) in [4.78, 5) is 11.8. The van der Waals surface area contributed by atoms with Gasteiger partial charge in [0, 0.05) is 21.1 Å². The van der Waals surface area contributed by atoms with Gasteiger partial charge >= 0.3 is 0 Å². The summed E-state index contributed by atoms with van der Waals surface area (Å²) in [6.07, 6.45) is 0. The highest BCUT2D eigenvalue weighted by molar-refractivity contribution is 9.10. The van der Waals surface area contributed by atoms with Gasteiger partial charge in [0.05, 0.1) is 5.69 Å². The monoisotopic (exact) mass is 296 g/mol. The number of benzene rings is 1. The minimum atomic E-state index is -0.161. The standard InChI is InChI=1S/C11H9BrN2OS/c12-8-3-7(4-9(13)5-8)11(15)14-10-1-2-16-6-10/h1-6H,13H2,(H,14,15). The number of nitrogen functional groups attached to an aromatic ring is 1. The van der Waals surface area contributed by atoms with E-state index in [0.29, 0.717) is 11.3 Å². The lowest BCUT2D eigenvalue weighted by Gasteiger charge is -2.04. The topological polar surface area (TPSA) is 55.1 Å². The summed E-state index contributed by atoms with van der Waals surface area (Å²) in [6.45, 7) is 0. The van der Waals surface area contributed by atoms with Crippen molar-refractivity contribution in [2.24, 2.45) is 0 Å². The number of thiophene rings is 1. The first-order valence-corrected chi connectivity index (χ1v) is 6.28. The molecule has 16 heavy (non-hydrogen) atoms. The fraction of sp³-hybridized carbons (Fsp3) is 0. The Kier molecular flexibility index (Phi) is 3.26. The van der Waals surface area contributed by atoms with Gasteiger partial charge in [-0.15, -0.1) is 0 Å². The number of hydrogen-bond donors (Lipinski definition) is 2. The molecule has 1 aromatic carbocycles. The quantitative estimate of drug-likeness (QED) is 0.835. The van der Waals surface area contributed by atoms with E-state index in [1.165, 1.54) is 11.3 Å². The summed E-state index contributed by atoms with van der Waals surface area (Å²) < 4.78 is 0.794. The van der Waals surface area contributed by atoms with E-state index < -0.39 is 0 Å². The first-order chi connectivity index (χ1) is 7.65. The van der Waals surface area contributed by atoms with Crippen LogP contribution in [0, 0.1) is 0 Å². The minimum Gasteiger partial charge on any atom is -0.399 e. The Labute approximate surface area is 105 Å². The van der Waals surface area contributed by atoms with Crippen LogP contribution < -0.4 is 11.1 Å². The lowest BCUT2D eigenvalue weighted by molar-refractivity contribution is 0.102. The highest BCUT2D eigenvalue weighted by Gasteiger charge is 2.07. The lowest BCUT2D eigenvalue weighted by atomic mass is 10.2. The smallest absolute Gasteiger partial charge is 0.255 e. The van der Waals surface area contributed by atoms with Gasteiger partial charge in [-0.1, -0.05) is 15.9 Å². The lowest BCUT2D eigenvalue weighted by Crippen LogP contribution is -2.11. The average Bonchev–Trinajstić information content (AvgIpc) is 2.68. The van der Waals surface area contributed by atoms with Gasteiger partial charge in [0.2, 0.25) is 0 Å². The maximum absolute atomic E-state index is 11.8. The molecule has 0 saturated heterocycles. The highest BCUT2D eigenvalue weighted by atomic mass is 79.9. The number of amides is 1. The van der Waals surface area contributed by atoms with Gasteiger partial charge in [-0.3, -0.25) is 4.79 Å². The third-order valence-electron chi connectivity index (χ3n) is 1.96. The van der Waals surface area contributed by atoms with Crippen molar-refractivity contribution in [3.63, 3.8) is 0 Å². The van der Waals surface area contributed by atoms with Gasteiger partial charge in [-0.2, -0.15) is 11.3 Å². The van der Waals surface area contributed by atoms with Crippen molar-refractivity contribution in [3.05, 3.63) is 45.1 Å². The molecule has 0 aliphatic heterocycles. The Morgan fingerprint density at radius 1 is 1.38 bits per heavy atom. The van der Waals surface area contributed by atoms with Crippen LogP contribution in [0.2, 0.25) is 0 Å². The third kappa shape index (κ3) is 2.62. The zero-order valence-corrected chi connectivity index (χ0v) is 10.6. The van der Waals surface area contributed by atoms with Crippen molar-refractivity contribution in [2.45, 2.75) is 0 Å². The molecule has 2 rings (SSSR count). The Bertz CT molecular complexity index is 490. The summed E-state index contributed by atoms with van der Waals surface area (Å²) in [5.41, 5.74) is 7.56. The number of nitrogens with one attached hydrogen (secondary N) is 1. The van der Waals surface area contributed by atoms with Crippen molar-refractivity contribution in [1.82, 2.24) is 0 Å². The molecule has 3 N–H and O–H groups in total. The van der Waals surface area contributed by atoms with E-state index >= 15 is 0 Å². The molecule has 1 aromatic heterocycles. The molecule has 0 unspecified atom stereocenters. The molecule has 0 aliphatic rings. The number of hydrogen-bond acceptors (Lipinski definition) is 3. The fourth-order valence-corrected chi connectivity index (χ4v) is 2.38. The van der Waals surface area contributed by atoms with Crippen LogP contribution in [0.3, 0.4) is 0 Å². The van der Waals surface area contributed by atoms with Crippen LogP contribution in [0.15, 0.2) is 39.5 Å². The fourth-order valence-electron chi connectivity index (χ4n) is 1.28. The molecule has 0 atom stereocenters. The van der Waals surface area contributed by atoms with Crippen molar-refractivity contribution >= 4 is 44.5 Å². The van der Waals surface area contributed by atoms with E-state index in [2.05, 4.69) is 21.2 Å². The van der Waals surface area contributed by atoms with Crippen LogP contribution in [0.5, 0.6) is 0 Å². The molecular weight excluding hydrogens is 288 g/mol. The zero-order chi connectivity index (χ0) is 11.5. The Hall–Kier alpha value is -1.33. The van der Waals surface area contributed by atoms with E-state index in [9.17, 15) is 4.79 Å². The molecule has 0 saturated carbocycles. The van der Waals surface area contributed by atoms with E-state index in [0.717, 1.165) is 10.2 Å². The molecule has 0 bridgehead atoms. The molecule has 82 valence electrons. The second kappa shape index (κ2) is 4.67. The summed E-state index contributed by atoms with van der Waals surface area (Å²) in [5, 5.41) is 6.57. The third-order valence-corrected chi connectivity index (χ3v) is 3.10.